The molecule has 1 heterocycles. The van der Waals surface area contributed by atoms with Gasteiger partial charge in [0.15, 0.2) is 9.84 Å². The highest BCUT2D eigenvalue weighted by atomic mass is 32.2. The number of sulfone groups is 1. The summed E-state index contributed by atoms with van der Waals surface area (Å²) in [5.41, 5.74) is 0.979. The lowest BCUT2D eigenvalue weighted by Gasteiger charge is -2.17. The normalized spacial score (nSPS) is 17.3. The van der Waals surface area contributed by atoms with E-state index >= 15 is 0 Å². The van der Waals surface area contributed by atoms with Crippen molar-refractivity contribution in [1.29, 1.82) is 0 Å². The monoisotopic (exact) mass is 379 g/mol. The molecule has 0 N–H and O–H groups in total. The molecule has 5 heteroatoms. The SMILES string of the molecule is O=C(Cc1cccc2ccccc12)N1CCC(S(=O)(=O)c2ccccc2)C1. The van der Waals surface area contributed by atoms with E-state index in [2.05, 4.69) is 0 Å². The quantitative estimate of drug-likeness (QED) is 0.698. The molecule has 0 bridgehead atoms. The van der Waals surface area contributed by atoms with E-state index in [-0.39, 0.29) is 12.5 Å². The van der Waals surface area contributed by atoms with Crippen molar-refractivity contribution in [3.8, 4) is 0 Å². The average Bonchev–Trinajstić information content (AvgIpc) is 3.20. The highest BCUT2D eigenvalue weighted by Gasteiger charge is 2.35. The summed E-state index contributed by atoms with van der Waals surface area (Å²) >= 11 is 0. The third kappa shape index (κ3) is 3.47. The molecule has 0 aliphatic carbocycles. The fourth-order valence-corrected chi connectivity index (χ4v) is 5.45. The van der Waals surface area contributed by atoms with Crippen LogP contribution >= 0.6 is 0 Å². The zero-order chi connectivity index (χ0) is 18.9. The topological polar surface area (TPSA) is 54.5 Å². The smallest absolute Gasteiger partial charge is 0.227 e. The number of amides is 1. The van der Waals surface area contributed by atoms with E-state index in [0.29, 0.717) is 24.3 Å². The molecule has 138 valence electrons. The minimum atomic E-state index is -3.41. The van der Waals surface area contributed by atoms with Crippen LogP contribution in [0.3, 0.4) is 0 Å². The maximum Gasteiger partial charge on any atom is 0.227 e. The highest BCUT2D eigenvalue weighted by molar-refractivity contribution is 7.92. The van der Waals surface area contributed by atoms with Gasteiger partial charge in [-0.3, -0.25) is 4.79 Å². The first-order valence-electron chi connectivity index (χ1n) is 9.09. The Morgan fingerprint density at radius 3 is 2.44 bits per heavy atom. The summed E-state index contributed by atoms with van der Waals surface area (Å²) in [5, 5.41) is 1.64. The molecule has 27 heavy (non-hydrogen) atoms. The van der Waals surface area contributed by atoms with E-state index in [1.807, 2.05) is 42.5 Å². The minimum absolute atomic E-state index is 0.0166. The highest BCUT2D eigenvalue weighted by Crippen LogP contribution is 2.25. The first-order valence-corrected chi connectivity index (χ1v) is 10.6. The molecule has 3 aromatic carbocycles. The molecule has 1 aliphatic heterocycles. The third-order valence-electron chi connectivity index (χ3n) is 5.23. The third-order valence-corrected chi connectivity index (χ3v) is 7.42. The summed E-state index contributed by atoms with van der Waals surface area (Å²) in [6, 6.07) is 22.4. The lowest BCUT2D eigenvalue weighted by Crippen LogP contribution is -2.33. The van der Waals surface area contributed by atoms with Gasteiger partial charge in [0.05, 0.1) is 16.6 Å². The molecule has 1 fully saturated rings. The van der Waals surface area contributed by atoms with Gasteiger partial charge >= 0.3 is 0 Å². The largest absolute Gasteiger partial charge is 0.341 e. The minimum Gasteiger partial charge on any atom is -0.341 e. The van der Waals surface area contributed by atoms with Crippen LogP contribution in [-0.2, 0) is 21.1 Å². The molecule has 0 aromatic heterocycles. The van der Waals surface area contributed by atoms with Crippen molar-refractivity contribution in [2.24, 2.45) is 0 Å². The molecule has 4 nitrogen and oxygen atoms in total. The second-order valence-corrected chi connectivity index (χ2v) is 9.15. The summed E-state index contributed by atoms with van der Waals surface area (Å²) in [6.45, 7) is 0.751. The molecule has 1 amide bonds. The zero-order valence-electron chi connectivity index (χ0n) is 14.9. The fourth-order valence-electron chi connectivity index (χ4n) is 3.73. The van der Waals surface area contributed by atoms with Gasteiger partial charge in [-0.05, 0) is 34.9 Å². The van der Waals surface area contributed by atoms with E-state index in [4.69, 9.17) is 0 Å². The van der Waals surface area contributed by atoms with Crippen molar-refractivity contribution in [2.75, 3.05) is 13.1 Å². The summed E-state index contributed by atoms with van der Waals surface area (Å²) in [4.78, 5) is 14.8. The van der Waals surface area contributed by atoms with Crippen LogP contribution in [0, 0.1) is 0 Å². The molecule has 1 saturated heterocycles. The molecule has 4 rings (SSSR count). The van der Waals surface area contributed by atoms with Crippen LogP contribution in [0.2, 0.25) is 0 Å². The standard InChI is InChI=1S/C22H21NO3S/c24-22(15-18-9-6-8-17-7-4-5-12-21(17)18)23-14-13-20(16-23)27(25,26)19-10-2-1-3-11-19/h1-12,20H,13-16H2. The van der Waals surface area contributed by atoms with Crippen LogP contribution in [-0.4, -0.2) is 37.6 Å². The molecule has 0 saturated carbocycles. The van der Waals surface area contributed by atoms with Crippen molar-refractivity contribution in [1.82, 2.24) is 4.90 Å². The van der Waals surface area contributed by atoms with Gasteiger partial charge in [-0.1, -0.05) is 60.7 Å². The Bertz CT molecular complexity index is 1070. The van der Waals surface area contributed by atoms with Crippen molar-refractivity contribution in [2.45, 2.75) is 23.0 Å². The van der Waals surface area contributed by atoms with Gasteiger partial charge in [0.2, 0.25) is 5.91 Å². The Morgan fingerprint density at radius 1 is 0.926 bits per heavy atom. The van der Waals surface area contributed by atoms with Crippen molar-refractivity contribution in [3.05, 3.63) is 78.4 Å². The zero-order valence-corrected chi connectivity index (χ0v) is 15.7. The summed E-state index contributed by atoms with van der Waals surface area (Å²) in [7, 11) is -3.41. The van der Waals surface area contributed by atoms with Gasteiger partial charge < -0.3 is 4.90 Å². The average molecular weight is 379 g/mol. The number of rotatable bonds is 4. The van der Waals surface area contributed by atoms with Crippen LogP contribution in [0.25, 0.3) is 10.8 Å². The maximum absolute atomic E-state index is 12.8. The molecule has 0 spiro atoms. The number of carbonyl (C=O) groups excluding carboxylic acids is 1. The molecule has 1 aliphatic rings. The van der Waals surface area contributed by atoms with Gasteiger partial charge in [0.1, 0.15) is 0 Å². The first-order chi connectivity index (χ1) is 13.1. The Balaban J connectivity index is 1.50. The van der Waals surface area contributed by atoms with Gasteiger partial charge in [-0.2, -0.15) is 0 Å². The number of carbonyl (C=O) groups is 1. The maximum atomic E-state index is 12.8. The van der Waals surface area contributed by atoms with Gasteiger partial charge in [-0.15, -0.1) is 0 Å². The summed E-state index contributed by atoms with van der Waals surface area (Å²) in [6.07, 6.45) is 0.776. The summed E-state index contributed by atoms with van der Waals surface area (Å²) < 4.78 is 25.6. The molecular formula is C22H21NO3S. The van der Waals surface area contributed by atoms with Crippen LogP contribution < -0.4 is 0 Å². The van der Waals surface area contributed by atoms with Crippen LogP contribution in [0.15, 0.2) is 77.7 Å². The van der Waals surface area contributed by atoms with E-state index in [1.54, 1.807) is 35.2 Å². The Hall–Kier alpha value is -2.66. The van der Waals surface area contributed by atoms with Crippen LogP contribution in [0.5, 0.6) is 0 Å². The van der Waals surface area contributed by atoms with E-state index in [9.17, 15) is 13.2 Å². The van der Waals surface area contributed by atoms with Crippen molar-refractivity contribution in [3.63, 3.8) is 0 Å². The molecule has 0 radical (unpaired) electrons. The van der Waals surface area contributed by atoms with Crippen LogP contribution in [0.1, 0.15) is 12.0 Å². The lowest BCUT2D eigenvalue weighted by molar-refractivity contribution is -0.129. The first kappa shape index (κ1) is 17.7. The second kappa shape index (κ2) is 7.16. The van der Waals surface area contributed by atoms with E-state index in [0.717, 1.165) is 16.3 Å². The van der Waals surface area contributed by atoms with E-state index < -0.39 is 15.1 Å². The molecule has 1 atom stereocenters. The Kier molecular flexibility index (Phi) is 4.70. The summed E-state index contributed by atoms with van der Waals surface area (Å²) in [5.74, 6) is -0.0166. The van der Waals surface area contributed by atoms with Crippen molar-refractivity contribution >= 4 is 26.5 Å². The molecular weight excluding hydrogens is 358 g/mol. The molecule has 1 unspecified atom stereocenters. The predicted octanol–water partition coefficient (Wildman–Crippen LogP) is 3.46. The Morgan fingerprint density at radius 2 is 1.63 bits per heavy atom. The molecule has 3 aromatic rings. The number of nitrogens with zero attached hydrogens (tertiary/aromatic N) is 1. The van der Waals surface area contributed by atoms with Gasteiger partial charge in [0, 0.05) is 13.1 Å². The predicted molar refractivity (Wildman–Crippen MR) is 106 cm³/mol. The number of hydrogen-bond acceptors (Lipinski definition) is 3. The number of fused-ring (bicyclic) bond motifs is 1. The number of benzene rings is 3. The lowest BCUT2D eigenvalue weighted by atomic mass is 10.0. The van der Waals surface area contributed by atoms with Gasteiger partial charge in [0.25, 0.3) is 0 Å². The fraction of sp³-hybridized carbons (Fsp3) is 0.227. The van der Waals surface area contributed by atoms with E-state index in [1.165, 1.54) is 0 Å². The number of likely N-dealkylation sites (tertiary alicyclic amines) is 1. The van der Waals surface area contributed by atoms with Crippen molar-refractivity contribution < 1.29 is 13.2 Å². The second-order valence-electron chi connectivity index (χ2n) is 6.92. The van der Waals surface area contributed by atoms with Crippen LogP contribution in [0.4, 0.5) is 0 Å². The van der Waals surface area contributed by atoms with Gasteiger partial charge in [-0.25, -0.2) is 8.42 Å². The number of hydrogen-bond donors (Lipinski definition) is 0. The Labute approximate surface area is 159 Å².